The number of benzene rings is 1. The molecule has 0 aromatic heterocycles. The SMILES string of the molecule is CC(NC(=O)CN1CCOCC1)C(=O)NCC(=O)NC(Cc1ccccc1)C(=O)C1(C)CO1.CC1CCCCC1. The normalized spacial score (nSPS) is 22.6. The van der Waals surface area contributed by atoms with Crippen molar-refractivity contribution < 1.29 is 28.7 Å². The second-order valence-corrected chi connectivity index (χ2v) is 11.3. The van der Waals surface area contributed by atoms with Crippen molar-refractivity contribution in [3.8, 4) is 0 Å². The van der Waals surface area contributed by atoms with E-state index >= 15 is 0 Å². The lowest BCUT2D eigenvalue weighted by Crippen LogP contribution is -2.53. The Kier molecular flexibility index (Phi) is 12.5. The number of morpholine rings is 1. The van der Waals surface area contributed by atoms with Gasteiger partial charge in [0.1, 0.15) is 11.6 Å². The molecule has 2 heterocycles. The van der Waals surface area contributed by atoms with E-state index in [-0.39, 0.29) is 24.8 Å². The van der Waals surface area contributed by atoms with E-state index in [0.717, 1.165) is 11.5 Å². The molecule has 3 aliphatic rings. The molecule has 10 nitrogen and oxygen atoms in total. The van der Waals surface area contributed by atoms with Crippen LogP contribution in [0.5, 0.6) is 0 Å². The zero-order valence-corrected chi connectivity index (χ0v) is 24.2. The Hall–Kier alpha value is -2.82. The largest absolute Gasteiger partial charge is 0.379 e. The summed E-state index contributed by atoms with van der Waals surface area (Å²) in [7, 11) is 0. The molecule has 0 bridgehead atoms. The van der Waals surface area contributed by atoms with Crippen LogP contribution in [-0.4, -0.2) is 92.1 Å². The summed E-state index contributed by atoms with van der Waals surface area (Å²) in [5.41, 5.74) is 0.0240. The summed E-state index contributed by atoms with van der Waals surface area (Å²) in [4.78, 5) is 51.7. The van der Waals surface area contributed by atoms with Crippen LogP contribution < -0.4 is 16.0 Å². The number of hydrogen-bond acceptors (Lipinski definition) is 7. The van der Waals surface area contributed by atoms with Crippen LogP contribution in [0.1, 0.15) is 58.4 Å². The van der Waals surface area contributed by atoms with Gasteiger partial charge in [-0.05, 0) is 31.7 Å². The molecule has 0 spiro atoms. The van der Waals surface area contributed by atoms with Gasteiger partial charge in [0.05, 0.1) is 39.0 Å². The maximum absolute atomic E-state index is 12.8. The lowest BCUT2D eigenvalue weighted by molar-refractivity contribution is -0.132. The second kappa shape index (κ2) is 15.8. The third-order valence-corrected chi connectivity index (χ3v) is 7.59. The van der Waals surface area contributed by atoms with Crippen LogP contribution in [0.2, 0.25) is 0 Å². The van der Waals surface area contributed by atoms with Crippen LogP contribution >= 0.6 is 0 Å². The first-order valence-corrected chi connectivity index (χ1v) is 14.5. The lowest BCUT2D eigenvalue weighted by Gasteiger charge is -2.26. The summed E-state index contributed by atoms with van der Waals surface area (Å²) in [6, 6.07) is 7.80. The average Bonchev–Trinajstić information content (AvgIpc) is 3.71. The molecule has 3 N–H and O–H groups in total. The highest BCUT2D eigenvalue weighted by atomic mass is 16.6. The van der Waals surface area contributed by atoms with Crippen molar-refractivity contribution >= 4 is 23.5 Å². The minimum atomic E-state index is -0.880. The maximum Gasteiger partial charge on any atom is 0.242 e. The van der Waals surface area contributed by atoms with Crippen LogP contribution in [0.4, 0.5) is 0 Å². The Bertz CT molecular complexity index is 972. The van der Waals surface area contributed by atoms with Crippen molar-refractivity contribution in [2.75, 3.05) is 46.0 Å². The molecule has 1 aromatic rings. The highest BCUT2D eigenvalue weighted by Gasteiger charge is 2.50. The van der Waals surface area contributed by atoms with Crippen LogP contribution in [0.15, 0.2) is 30.3 Å². The van der Waals surface area contributed by atoms with Gasteiger partial charge in [0, 0.05) is 13.1 Å². The van der Waals surface area contributed by atoms with Gasteiger partial charge >= 0.3 is 0 Å². The van der Waals surface area contributed by atoms with Crippen LogP contribution in [-0.2, 0) is 35.1 Å². The second-order valence-electron chi connectivity index (χ2n) is 11.3. The number of ether oxygens (including phenoxy) is 2. The summed E-state index contributed by atoms with van der Waals surface area (Å²) in [6.45, 7) is 8.31. The van der Waals surface area contributed by atoms with Crippen molar-refractivity contribution in [1.29, 1.82) is 0 Å². The smallest absolute Gasteiger partial charge is 0.242 e. The Morgan fingerprint density at radius 1 is 1.00 bits per heavy atom. The molecule has 3 amide bonds. The summed E-state index contributed by atoms with van der Waals surface area (Å²) in [5.74, 6) is -0.406. The number of nitrogens with one attached hydrogen (secondary N) is 3. The van der Waals surface area contributed by atoms with Gasteiger partial charge < -0.3 is 25.4 Å². The maximum atomic E-state index is 12.8. The highest BCUT2D eigenvalue weighted by molar-refractivity contribution is 5.97. The third-order valence-electron chi connectivity index (χ3n) is 7.59. The molecule has 1 saturated carbocycles. The summed E-state index contributed by atoms with van der Waals surface area (Å²) >= 11 is 0. The zero-order valence-electron chi connectivity index (χ0n) is 24.2. The number of carbonyl (C=O) groups excluding carboxylic acids is 4. The number of Topliss-reactive ketones (excluding diaryl/α,β-unsaturated/α-hetero) is 1. The predicted molar refractivity (Wildman–Crippen MR) is 152 cm³/mol. The molecule has 2 saturated heterocycles. The first kappa shape index (κ1) is 31.7. The molecule has 1 aromatic carbocycles. The molecule has 10 heteroatoms. The first-order chi connectivity index (χ1) is 19.2. The van der Waals surface area contributed by atoms with Gasteiger partial charge in [-0.1, -0.05) is 69.4 Å². The Morgan fingerprint density at radius 2 is 1.65 bits per heavy atom. The molecule has 222 valence electrons. The number of carbonyl (C=O) groups is 4. The van der Waals surface area contributed by atoms with E-state index in [2.05, 4.69) is 22.9 Å². The lowest BCUT2D eigenvalue weighted by atomic mass is 9.91. The molecule has 0 radical (unpaired) electrons. The van der Waals surface area contributed by atoms with Gasteiger partial charge in [0.15, 0.2) is 5.78 Å². The number of epoxide rings is 1. The van der Waals surface area contributed by atoms with E-state index in [1.807, 2.05) is 35.2 Å². The molecule has 1 aliphatic carbocycles. The van der Waals surface area contributed by atoms with E-state index in [4.69, 9.17) is 9.47 Å². The topological polar surface area (TPSA) is 129 Å². The monoisotopic (exact) mass is 558 g/mol. The minimum absolute atomic E-state index is 0.186. The fourth-order valence-electron chi connectivity index (χ4n) is 4.87. The Labute approximate surface area is 237 Å². The fourth-order valence-corrected chi connectivity index (χ4v) is 4.87. The summed E-state index contributed by atoms with van der Waals surface area (Å²) < 4.78 is 10.5. The van der Waals surface area contributed by atoms with Crippen LogP contribution in [0.3, 0.4) is 0 Å². The van der Waals surface area contributed by atoms with Crippen LogP contribution in [0.25, 0.3) is 0 Å². The Balaban J connectivity index is 0.000000547. The van der Waals surface area contributed by atoms with Gasteiger partial charge in [0.2, 0.25) is 17.7 Å². The van der Waals surface area contributed by atoms with Gasteiger partial charge in [-0.25, -0.2) is 0 Å². The van der Waals surface area contributed by atoms with Crippen molar-refractivity contribution in [3.63, 3.8) is 0 Å². The predicted octanol–water partition coefficient (Wildman–Crippen LogP) is 1.61. The summed E-state index contributed by atoms with van der Waals surface area (Å²) in [5, 5.41) is 7.86. The van der Waals surface area contributed by atoms with Gasteiger partial charge in [-0.3, -0.25) is 24.1 Å². The molecule has 3 atom stereocenters. The number of hydrogen-bond donors (Lipinski definition) is 3. The molecule has 40 heavy (non-hydrogen) atoms. The number of amides is 3. The molecule has 3 unspecified atom stereocenters. The van der Waals surface area contributed by atoms with Crippen molar-refractivity contribution in [2.45, 2.75) is 77.0 Å². The molecule has 2 aliphatic heterocycles. The first-order valence-electron chi connectivity index (χ1n) is 14.5. The fraction of sp³-hybridized carbons (Fsp3) is 0.667. The molecular formula is C30H46N4O6. The minimum Gasteiger partial charge on any atom is -0.379 e. The molecular weight excluding hydrogens is 512 g/mol. The number of rotatable bonds is 11. The Morgan fingerprint density at radius 3 is 2.23 bits per heavy atom. The molecule has 4 rings (SSSR count). The third kappa shape index (κ3) is 11.0. The van der Waals surface area contributed by atoms with Gasteiger partial charge in [0.25, 0.3) is 0 Å². The van der Waals surface area contributed by atoms with Gasteiger partial charge in [-0.2, -0.15) is 0 Å². The zero-order chi connectivity index (χ0) is 29.0. The quantitative estimate of drug-likeness (QED) is 0.352. The van der Waals surface area contributed by atoms with E-state index < -0.39 is 29.5 Å². The van der Waals surface area contributed by atoms with E-state index in [1.165, 1.54) is 32.1 Å². The standard InChI is InChI=1S/C23H32N4O6.C7H14/c1-16(25-20(29)14-27-8-10-32-11-9-27)22(31)24-13-19(28)26-18(21(30)23(2)15-33-23)12-17-6-4-3-5-7-17;1-7-5-3-2-4-6-7/h3-7,16,18H,8-15H2,1-2H3,(H,24,31)(H,25,29)(H,26,28);7H,2-6H2,1H3. The van der Waals surface area contributed by atoms with Crippen LogP contribution in [0, 0.1) is 5.92 Å². The van der Waals surface area contributed by atoms with Crippen molar-refractivity contribution in [2.24, 2.45) is 5.92 Å². The van der Waals surface area contributed by atoms with Crippen molar-refractivity contribution in [3.05, 3.63) is 35.9 Å². The average molecular weight is 559 g/mol. The summed E-state index contributed by atoms with van der Waals surface area (Å²) in [6.07, 6.45) is 7.76. The van der Waals surface area contributed by atoms with E-state index in [0.29, 0.717) is 39.3 Å². The molecule has 3 fully saturated rings. The van der Waals surface area contributed by atoms with Crippen molar-refractivity contribution in [1.82, 2.24) is 20.9 Å². The van der Waals surface area contributed by atoms with E-state index in [1.54, 1.807) is 13.8 Å². The number of nitrogens with zero attached hydrogens (tertiary/aromatic N) is 1. The highest BCUT2D eigenvalue weighted by Crippen LogP contribution is 2.29. The van der Waals surface area contributed by atoms with Gasteiger partial charge in [-0.15, -0.1) is 0 Å². The number of ketones is 1. The van der Waals surface area contributed by atoms with E-state index in [9.17, 15) is 19.2 Å².